The van der Waals surface area contributed by atoms with E-state index >= 15 is 0 Å². The van der Waals surface area contributed by atoms with Crippen molar-refractivity contribution in [3.05, 3.63) is 0 Å². The third-order valence-electron chi connectivity index (χ3n) is 12.7. The molecule has 3 N–H and O–H groups in total. The second-order valence-corrected chi connectivity index (χ2v) is 18.6. The van der Waals surface area contributed by atoms with Gasteiger partial charge in [0.05, 0.1) is 25.2 Å². The summed E-state index contributed by atoms with van der Waals surface area (Å²) in [6.07, 6.45) is 51.6. The van der Waals surface area contributed by atoms with E-state index in [1.54, 1.807) is 0 Å². The number of aliphatic hydroxyl groups is 2. The first-order valence-electron chi connectivity index (χ1n) is 26.8. The molecule has 0 aromatic carbocycles. The molecule has 0 radical (unpaired) electrons. The summed E-state index contributed by atoms with van der Waals surface area (Å²) in [4.78, 5) is 26.1. The molecule has 59 heavy (non-hydrogen) atoms. The molecule has 0 bridgehead atoms. The molecule has 0 fully saturated rings. The van der Waals surface area contributed by atoms with Gasteiger partial charge < -0.3 is 20.3 Å². The molecule has 0 aliphatic carbocycles. The van der Waals surface area contributed by atoms with E-state index in [0.717, 1.165) is 38.5 Å². The highest BCUT2D eigenvalue weighted by Gasteiger charge is 2.24. The van der Waals surface area contributed by atoms with Gasteiger partial charge in [0, 0.05) is 6.42 Å². The van der Waals surface area contributed by atoms with Crippen LogP contribution in [0.3, 0.4) is 0 Å². The smallest absolute Gasteiger partial charge is 0.306 e. The number of nitrogens with one attached hydrogen (secondary N) is 1. The van der Waals surface area contributed by atoms with Gasteiger partial charge in [0.15, 0.2) is 0 Å². The van der Waals surface area contributed by atoms with Crippen LogP contribution in [0.15, 0.2) is 0 Å². The van der Waals surface area contributed by atoms with Crippen LogP contribution >= 0.6 is 0 Å². The van der Waals surface area contributed by atoms with Crippen molar-refractivity contribution < 1.29 is 24.5 Å². The normalized spacial score (nSPS) is 13.1. The highest BCUT2D eigenvalue weighted by Crippen LogP contribution is 2.19. The van der Waals surface area contributed by atoms with Crippen LogP contribution in [0.4, 0.5) is 0 Å². The summed E-state index contributed by atoms with van der Waals surface area (Å²) >= 11 is 0. The summed E-state index contributed by atoms with van der Waals surface area (Å²) in [5.74, 6) is -0.451. The van der Waals surface area contributed by atoms with Crippen molar-refractivity contribution in [2.75, 3.05) is 6.61 Å². The van der Waals surface area contributed by atoms with E-state index in [2.05, 4.69) is 26.1 Å². The highest BCUT2D eigenvalue weighted by atomic mass is 16.5. The van der Waals surface area contributed by atoms with Crippen LogP contribution in [-0.4, -0.2) is 46.9 Å². The lowest BCUT2D eigenvalue weighted by Crippen LogP contribution is -2.46. The number of carbonyl (C=O) groups is 2. The monoisotopic (exact) mass is 836 g/mol. The van der Waals surface area contributed by atoms with Crippen LogP contribution in [0, 0.1) is 0 Å². The predicted molar refractivity (Wildman–Crippen MR) is 255 cm³/mol. The van der Waals surface area contributed by atoms with Crippen molar-refractivity contribution in [2.24, 2.45) is 0 Å². The van der Waals surface area contributed by atoms with E-state index in [1.807, 2.05) is 0 Å². The Morgan fingerprint density at radius 2 is 0.712 bits per heavy atom. The molecule has 0 aromatic rings. The van der Waals surface area contributed by atoms with Gasteiger partial charge in [0.1, 0.15) is 6.10 Å². The average molecular weight is 836 g/mol. The quantitative estimate of drug-likeness (QED) is 0.0419. The molecule has 6 heteroatoms. The third-order valence-corrected chi connectivity index (χ3v) is 12.7. The summed E-state index contributed by atoms with van der Waals surface area (Å²) < 4.78 is 5.94. The van der Waals surface area contributed by atoms with Crippen molar-refractivity contribution in [1.82, 2.24) is 5.32 Å². The van der Waals surface area contributed by atoms with Gasteiger partial charge in [0.2, 0.25) is 5.91 Å². The minimum Gasteiger partial charge on any atom is -0.462 e. The van der Waals surface area contributed by atoms with Gasteiger partial charge in [-0.25, -0.2) is 0 Å². The molecule has 0 saturated heterocycles. The zero-order valence-corrected chi connectivity index (χ0v) is 40.2. The van der Waals surface area contributed by atoms with Gasteiger partial charge in [-0.2, -0.15) is 0 Å². The van der Waals surface area contributed by atoms with Crippen LogP contribution in [-0.2, 0) is 14.3 Å². The number of carbonyl (C=O) groups excluding carboxylic acids is 2. The van der Waals surface area contributed by atoms with Crippen molar-refractivity contribution in [1.29, 1.82) is 0 Å². The van der Waals surface area contributed by atoms with Crippen LogP contribution < -0.4 is 5.32 Å². The molecule has 0 spiro atoms. The standard InChI is InChI=1S/C53H105NO5/c1-4-7-10-13-16-19-22-24-26-27-29-31-34-37-40-43-46-53(58)59-49(44-41-38-35-32-21-18-15-12-9-6-3)47-52(57)54-50(48-55)51(56)45-42-39-36-33-30-28-25-23-20-17-14-11-8-5-2/h49-51,55-56H,4-48H2,1-3H3,(H,54,57). The Bertz CT molecular complexity index is 852. The summed E-state index contributed by atoms with van der Waals surface area (Å²) in [5.41, 5.74) is 0. The lowest BCUT2D eigenvalue weighted by Gasteiger charge is -2.24. The lowest BCUT2D eigenvalue weighted by atomic mass is 10.0. The zero-order chi connectivity index (χ0) is 43.1. The number of esters is 1. The molecule has 1 amide bonds. The minimum atomic E-state index is -0.779. The fourth-order valence-corrected chi connectivity index (χ4v) is 8.61. The van der Waals surface area contributed by atoms with Gasteiger partial charge in [0.25, 0.3) is 0 Å². The van der Waals surface area contributed by atoms with Gasteiger partial charge in [-0.3, -0.25) is 9.59 Å². The van der Waals surface area contributed by atoms with E-state index in [4.69, 9.17) is 4.74 Å². The molecular formula is C53H105NO5. The zero-order valence-electron chi connectivity index (χ0n) is 40.2. The van der Waals surface area contributed by atoms with Gasteiger partial charge in [-0.1, -0.05) is 265 Å². The number of amides is 1. The van der Waals surface area contributed by atoms with Crippen molar-refractivity contribution in [2.45, 2.75) is 322 Å². The highest BCUT2D eigenvalue weighted by molar-refractivity contribution is 5.77. The molecule has 0 aromatic heterocycles. The summed E-state index contributed by atoms with van der Waals surface area (Å²) in [6.45, 7) is 6.51. The van der Waals surface area contributed by atoms with Crippen molar-refractivity contribution in [3.63, 3.8) is 0 Å². The van der Waals surface area contributed by atoms with E-state index < -0.39 is 18.2 Å². The van der Waals surface area contributed by atoms with E-state index in [-0.39, 0.29) is 24.9 Å². The average Bonchev–Trinajstić information content (AvgIpc) is 3.23. The fourth-order valence-electron chi connectivity index (χ4n) is 8.61. The number of ether oxygens (including phenoxy) is 1. The van der Waals surface area contributed by atoms with E-state index in [0.29, 0.717) is 19.3 Å². The van der Waals surface area contributed by atoms with Crippen molar-refractivity contribution >= 4 is 11.9 Å². The van der Waals surface area contributed by atoms with Crippen LogP contribution in [0.2, 0.25) is 0 Å². The molecule has 0 aliphatic rings. The first-order chi connectivity index (χ1) is 29.0. The largest absolute Gasteiger partial charge is 0.462 e. The summed E-state index contributed by atoms with van der Waals surface area (Å²) in [7, 11) is 0. The Labute approximate surface area is 368 Å². The number of hydrogen-bond donors (Lipinski definition) is 3. The maximum atomic E-state index is 13.2. The molecular weight excluding hydrogens is 731 g/mol. The minimum absolute atomic E-state index is 0.0875. The molecule has 6 nitrogen and oxygen atoms in total. The second kappa shape index (κ2) is 47.9. The first kappa shape index (κ1) is 57.9. The molecule has 0 saturated carbocycles. The van der Waals surface area contributed by atoms with Gasteiger partial charge in [-0.15, -0.1) is 0 Å². The molecule has 0 aliphatic heterocycles. The second-order valence-electron chi connectivity index (χ2n) is 18.6. The summed E-state index contributed by atoms with van der Waals surface area (Å²) in [6, 6.07) is -0.691. The predicted octanol–water partition coefficient (Wildman–Crippen LogP) is 16.0. The van der Waals surface area contributed by atoms with E-state index in [9.17, 15) is 19.8 Å². The van der Waals surface area contributed by atoms with Gasteiger partial charge >= 0.3 is 5.97 Å². The maximum absolute atomic E-state index is 13.2. The Morgan fingerprint density at radius 3 is 1.03 bits per heavy atom. The fraction of sp³-hybridized carbons (Fsp3) is 0.962. The first-order valence-corrected chi connectivity index (χ1v) is 26.8. The third kappa shape index (κ3) is 43.3. The van der Waals surface area contributed by atoms with E-state index in [1.165, 1.54) is 218 Å². The van der Waals surface area contributed by atoms with Crippen molar-refractivity contribution in [3.8, 4) is 0 Å². The number of hydrogen-bond acceptors (Lipinski definition) is 5. The Kier molecular flexibility index (Phi) is 47.0. The SMILES string of the molecule is CCCCCCCCCCCCCCCCCCC(=O)OC(CCCCCCCCCCCC)CC(=O)NC(CO)C(O)CCCCCCCCCCCCCCCC. The molecule has 3 unspecified atom stereocenters. The summed E-state index contributed by atoms with van der Waals surface area (Å²) in [5, 5.41) is 23.8. The Morgan fingerprint density at radius 1 is 0.424 bits per heavy atom. The van der Waals surface area contributed by atoms with Crippen LogP contribution in [0.25, 0.3) is 0 Å². The number of aliphatic hydroxyl groups excluding tert-OH is 2. The Balaban J connectivity index is 4.42. The molecule has 352 valence electrons. The topological polar surface area (TPSA) is 95.9 Å². The molecule has 3 atom stereocenters. The van der Waals surface area contributed by atoms with Crippen LogP contribution in [0.5, 0.6) is 0 Å². The maximum Gasteiger partial charge on any atom is 0.306 e. The number of unbranched alkanes of at least 4 members (excludes halogenated alkanes) is 37. The van der Waals surface area contributed by atoms with Crippen LogP contribution in [0.1, 0.15) is 303 Å². The lowest BCUT2D eigenvalue weighted by molar-refractivity contribution is -0.151. The number of rotatable bonds is 49. The molecule has 0 rings (SSSR count). The van der Waals surface area contributed by atoms with Gasteiger partial charge in [-0.05, 0) is 25.7 Å². The Hall–Kier alpha value is -1.14. The molecule has 0 heterocycles.